The summed E-state index contributed by atoms with van der Waals surface area (Å²) in [5.74, 6) is 1.53. The molecule has 0 amide bonds. The van der Waals surface area contributed by atoms with Crippen molar-refractivity contribution in [3.8, 4) is 0 Å². The Morgan fingerprint density at radius 1 is 1.13 bits per heavy atom. The van der Waals surface area contributed by atoms with Crippen LogP contribution in [0.4, 0.5) is 0 Å². The zero-order valence-corrected chi connectivity index (χ0v) is 18.9. The third-order valence-electron chi connectivity index (χ3n) is 6.81. The maximum Gasteiger partial charge on any atom is 0.266 e. The van der Waals surface area contributed by atoms with E-state index < -0.39 is 5.60 Å². The Morgan fingerprint density at radius 3 is 2.48 bits per heavy atom. The van der Waals surface area contributed by atoms with Crippen LogP contribution in [0.5, 0.6) is 0 Å². The van der Waals surface area contributed by atoms with Crippen molar-refractivity contribution < 1.29 is 5.11 Å². The fourth-order valence-corrected chi connectivity index (χ4v) is 5.80. The predicted octanol–water partition coefficient (Wildman–Crippen LogP) is 2.97. The number of rotatable bonds is 8. The Kier molecular flexibility index (Phi) is 5.88. The number of hydrogen-bond donors (Lipinski definition) is 1. The van der Waals surface area contributed by atoms with Crippen molar-refractivity contribution in [3.63, 3.8) is 0 Å². The third-order valence-corrected chi connectivity index (χ3v) is 7.89. The summed E-state index contributed by atoms with van der Waals surface area (Å²) in [5, 5.41) is 16.8. The van der Waals surface area contributed by atoms with Gasteiger partial charge >= 0.3 is 0 Å². The van der Waals surface area contributed by atoms with E-state index in [1.54, 1.807) is 17.8 Å². The fraction of sp³-hybridized carbons (Fsp3) is 0.652. The van der Waals surface area contributed by atoms with E-state index in [1.165, 1.54) is 4.68 Å². The molecule has 2 aromatic heterocycles. The number of thioether (sulfide) groups is 1. The standard InChI is InChI=1S/C23H31N5O2S/c1-2-9-31-22-24-12-16(13-25-22)14-27-18-5-6-19(27)11-23(30,10-18)15-28-21(29)8-7-20(26-28)17-3-4-17/h7-8,12-13,17-19,30H,2-6,9-11,14-15H2,1H3/t18-,19-/m1/s1. The lowest BCUT2D eigenvalue weighted by atomic mass is 9.85. The van der Waals surface area contributed by atoms with E-state index in [1.807, 2.05) is 18.5 Å². The van der Waals surface area contributed by atoms with Gasteiger partial charge in [-0.15, -0.1) is 0 Å². The summed E-state index contributed by atoms with van der Waals surface area (Å²) in [6.07, 6.45) is 10.8. The molecule has 2 atom stereocenters. The number of fused-ring (bicyclic) bond motifs is 2. The lowest BCUT2D eigenvalue weighted by Gasteiger charge is -2.43. The maximum atomic E-state index is 12.4. The van der Waals surface area contributed by atoms with E-state index in [0.717, 1.165) is 60.8 Å². The molecule has 2 bridgehead atoms. The van der Waals surface area contributed by atoms with Gasteiger partial charge in [-0.25, -0.2) is 14.6 Å². The Balaban J connectivity index is 1.25. The monoisotopic (exact) mass is 441 g/mol. The van der Waals surface area contributed by atoms with Crippen LogP contribution >= 0.6 is 11.8 Å². The summed E-state index contributed by atoms with van der Waals surface area (Å²) >= 11 is 1.69. The van der Waals surface area contributed by atoms with Crippen molar-refractivity contribution in [1.29, 1.82) is 0 Å². The second-order valence-electron chi connectivity index (χ2n) is 9.44. The van der Waals surface area contributed by atoms with E-state index in [0.29, 0.717) is 37.4 Å². The van der Waals surface area contributed by atoms with Gasteiger partial charge < -0.3 is 5.11 Å². The molecule has 2 aliphatic heterocycles. The van der Waals surface area contributed by atoms with Crippen molar-refractivity contribution >= 4 is 11.8 Å². The SMILES string of the molecule is CCCSc1ncc(CN2[C@@H]3CC[C@@H]2CC(O)(Cn2nc(C4CC4)ccc2=O)C3)cn1. The fourth-order valence-electron chi connectivity index (χ4n) is 5.16. The molecule has 0 unspecified atom stereocenters. The third kappa shape index (κ3) is 4.71. The van der Waals surface area contributed by atoms with Crippen LogP contribution in [0.1, 0.15) is 69.0 Å². The molecular weight excluding hydrogens is 410 g/mol. The first-order valence-corrected chi connectivity index (χ1v) is 12.5. The van der Waals surface area contributed by atoms with Crippen molar-refractivity contribution in [2.45, 2.75) is 93.7 Å². The van der Waals surface area contributed by atoms with Crippen LogP contribution < -0.4 is 5.56 Å². The van der Waals surface area contributed by atoms with Gasteiger partial charge in [-0.05, 0) is 51.0 Å². The normalized spacial score (nSPS) is 28.2. The van der Waals surface area contributed by atoms with Crippen LogP contribution in [-0.4, -0.2) is 53.2 Å². The Bertz CT molecular complexity index is 961. The molecule has 5 rings (SSSR count). The van der Waals surface area contributed by atoms with Crippen LogP contribution in [0.3, 0.4) is 0 Å². The zero-order chi connectivity index (χ0) is 21.4. The number of piperidine rings is 1. The van der Waals surface area contributed by atoms with Crippen molar-refractivity contribution in [2.75, 3.05) is 5.75 Å². The van der Waals surface area contributed by atoms with Crippen molar-refractivity contribution in [3.05, 3.63) is 46.1 Å². The first kappa shape index (κ1) is 21.1. The highest BCUT2D eigenvalue weighted by atomic mass is 32.2. The molecule has 2 aromatic rings. The topological polar surface area (TPSA) is 84.1 Å². The average Bonchev–Trinajstić information content (AvgIpc) is 3.57. The van der Waals surface area contributed by atoms with Crippen LogP contribution in [0.15, 0.2) is 34.5 Å². The van der Waals surface area contributed by atoms with E-state index in [4.69, 9.17) is 0 Å². The zero-order valence-electron chi connectivity index (χ0n) is 18.1. The van der Waals surface area contributed by atoms with Gasteiger partial charge in [0.15, 0.2) is 5.16 Å². The smallest absolute Gasteiger partial charge is 0.266 e. The lowest BCUT2D eigenvalue weighted by molar-refractivity contribution is -0.0678. The largest absolute Gasteiger partial charge is 0.388 e. The summed E-state index contributed by atoms with van der Waals surface area (Å²) in [7, 11) is 0. The Labute approximate surface area is 187 Å². The summed E-state index contributed by atoms with van der Waals surface area (Å²) in [6, 6.07) is 4.09. The molecule has 7 nitrogen and oxygen atoms in total. The maximum absolute atomic E-state index is 12.4. The highest BCUT2D eigenvalue weighted by molar-refractivity contribution is 7.99. The van der Waals surface area contributed by atoms with Gasteiger partial charge in [0.2, 0.25) is 0 Å². The first-order chi connectivity index (χ1) is 15.0. The van der Waals surface area contributed by atoms with E-state index in [-0.39, 0.29) is 5.56 Å². The Morgan fingerprint density at radius 2 is 1.84 bits per heavy atom. The highest BCUT2D eigenvalue weighted by Crippen LogP contribution is 2.42. The molecule has 4 heterocycles. The van der Waals surface area contributed by atoms with Crippen molar-refractivity contribution in [2.24, 2.45) is 0 Å². The van der Waals surface area contributed by atoms with Gasteiger partial charge in [0, 0.05) is 54.3 Å². The van der Waals surface area contributed by atoms with E-state index in [9.17, 15) is 9.90 Å². The number of hydrogen-bond acceptors (Lipinski definition) is 7. The summed E-state index contributed by atoms with van der Waals surface area (Å²) in [5.41, 5.74) is 1.12. The van der Waals surface area contributed by atoms with Gasteiger partial charge in [-0.1, -0.05) is 18.7 Å². The molecule has 3 aliphatic rings. The van der Waals surface area contributed by atoms with Crippen molar-refractivity contribution in [1.82, 2.24) is 24.6 Å². The molecule has 0 spiro atoms. The van der Waals surface area contributed by atoms with Crippen LogP contribution in [0.25, 0.3) is 0 Å². The molecule has 1 N–H and O–H groups in total. The second-order valence-corrected chi connectivity index (χ2v) is 10.5. The number of nitrogens with zero attached hydrogens (tertiary/aromatic N) is 5. The van der Waals surface area contributed by atoms with E-state index >= 15 is 0 Å². The molecular formula is C23H31N5O2S. The lowest BCUT2D eigenvalue weighted by Crippen LogP contribution is -2.53. The van der Waals surface area contributed by atoms with Crippen LogP contribution in [0, 0.1) is 0 Å². The first-order valence-electron chi connectivity index (χ1n) is 11.5. The van der Waals surface area contributed by atoms with Gasteiger partial charge in [0.1, 0.15) is 0 Å². The minimum Gasteiger partial charge on any atom is -0.388 e. The van der Waals surface area contributed by atoms with Gasteiger partial charge in [0.25, 0.3) is 5.56 Å². The predicted molar refractivity (Wildman–Crippen MR) is 120 cm³/mol. The number of aliphatic hydroxyl groups is 1. The summed E-state index contributed by atoms with van der Waals surface area (Å²) in [4.78, 5) is 23.9. The highest BCUT2D eigenvalue weighted by Gasteiger charge is 2.47. The van der Waals surface area contributed by atoms with Gasteiger partial charge in [-0.2, -0.15) is 5.10 Å². The molecule has 31 heavy (non-hydrogen) atoms. The molecule has 1 saturated carbocycles. The number of aromatic nitrogens is 4. The molecule has 8 heteroatoms. The van der Waals surface area contributed by atoms with E-state index in [2.05, 4.69) is 26.9 Å². The van der Waals surface area contributed by atoms with Gasteiger partial charge in [0.05, 0.1) is 17.8 Å². The minimum absolute atomic E-state index is 0.120. The summed E-state index contributed by atoms with van der Waals surface area (Å²) < 4.78 is 1.50. The Hall–Kier alpha value is -1.77. The molecule has 1 aliphatic carbocycles. The van der Waals surface area contributed by atoms with Crippen LogP contribution in [0.2, 0.25) is 0 Å². The molecule has 166 valence electrons. The molecule has 3 fully saturated rings. The molecule has 0 aromatic carbocycles. The second kappa shape index (κ2) is 8.64. The summed E-state index contributed by atoms with van der Waals surface area (Å²) in [6.45, 7) is 3.27. The quantitative estimate of drug-likeness (QED) is 0.498. The molecule has 2 saturated heterocycles. The van der Waals surface area contributed by atoms with Crippen LogP contribution in [-0.2, 0) is 13.1 Å². The van der Waals surface area contributed by atoms with Gasteiger partial charge in [-0.3, -0.25) is 9.69 Å². The molecule has 0 radical (unpaired) electrons. The minimum atomic E-state index is -0.877. The average molecular weight is 442 g/mol.